The summed E-state index contributed by atoms with van der Waals surface area (Å²) in [5.41, 5.74) is 1.51. The molecule has 1 N–H and O–H groups in total. The Hall–Kier alpha value is -0.340. The molecule has 1 nitrogen and oxygen atoms in total. The highest BCUT2D eigenvalue weighted by Crippen LogP contribution is 2.14. The van der Waals surface area contributed by atoms with E-state index in [1.807, 2.05) is 11.3 Å². The van der Waals surface area contributed by atoms with Gasteiger partial charge in [-0.15, -0.1) is 0 Å². The third-order valence-electron chi connectivity index (χ3n) is 3.90. The molecular formula is C18H33NS. The maximum absolute atomic E-state index is 3.72. The van der Waals surface area contributed by atoms with E-state index >= 15 is 0 Å². The quantitative estimate of drug-likeness (QED) is 0.453. The topological polar surface area (TPSA) is 12.0 Å². The normalized spacial score (nSPS) is 12.7. The van der Waals surface area contributed by atoms with Gasteiger partial charge >= 0.3 is 0 Å². The van der Waals surface area contributed by atoms with E-state index in [0.29, 0.717) is 6.04 Å². The SMILES string of the molecule is CCCCCCCCCC(Cc1ccsc1)NCCC. The molecule has 0 aliphatic carbocycles. The molecule has 1 atom stereocenters. The Balaban J connectivity index is 2.13. The fourth-order valence-electron chi connectivity index (χ4n) is 2.67. The number of thiophene rings is 1. The van der Waals surface area contributed by atoms with Crippen LogP contribution in [0.2, 0.25) is 0 Å². The lowest BCUT2D eigenvalue weighted by Gasteiger charge is -2.18. The summed E-state index contributed by atoms with van der Waals surface area (Å²) in [4.78, 5) is 0. The Kier molecular flexibility index (Phi) is 11.0. The van der Waals surface area contributed by atoms with Crippen molar-refractivity contribution in [3.63, 3.8) is 0 Å². The lowest BCUT2D eigenvalue weighted by molar-refractivity contribution is 0.450. The van der Waals surface area contributed by atoms with Crippen molar-refractivity contribution in [3.05, 3.63) is 22.4 Å². The van der Waals surface area contributed by atoms with Crippen molar-refractivity contribution >= 4 is 11.3 Å². The van der Waals surface area contributed by atoms with E-state index in [9.17, 15) is 0 Å². The van der Waals surface area contributed by atoms with Crippen LogP contribution in [0.1, 0.15) is 77.2 Å². The standard InChI is InChI=1S/C18H33NS/c1-3-5-6-7-8-9-10-11-18(19-13-4-2)15-17-12-14-20-16-17/h12,14,16,18-19H,3-11,13,15H2,1-2H3. The van der Waals surface area contributed by atoms with Gasteiger partial charge in [-0.1, -0.05) is 58.8 Å². The third-order valence-corrected chi connectivity index (χ3v) is 4.63. The molecule has 0 fully saturated rings. The van der Waals surface area contributed by atoms with Crippen LogP contribution in [0.4, 0.5) is 0 Å². The minimum absolute atomic E-state index is 0.681. The average molecular weight is 296 g/mol. The van der Waals surface area contributed by atoms with Crippen LogP contribution in [0, 0.1) is 0 Å². The van der Waals surface area contributed by atoms with Crippen LogP contribution in [0.15, 0.2) is 16.8 Å². The van der Waals surface area contributed by atoms with Crippen LogP contribution in [0.3, 0.4) is 0 Å². The highest BCUT2D eigenvalue weighted by Gasteiger charge is 2.08. The van der Waals surface area contributed by atoms with Crippen molar-refractivity contribution in [3.8, 4) is 0 Å². The molecule has 116 valence electrons. The summed E-state index contributed by atoms with van der Waals surface area (Å²) in [7, 11) is 0. The average Bonchev–Trinajstić information content (AvgIpc) is 2.96. The van der Waals surface area contributed by atoms with Gasteiger partial charge in [0.2, 0.25) is 0 Å². The van der Waals surface area contributed by atoms with Gasteiger partial charge in [-0.05, 0) is 48.2 Å². The first-order chi connectivity index (χ1) is 9.86. The Labute approximate surface area is 130 Å². The summed E-state index contributed by atoms with van der Waals surface area (Å²) < 4.78 is 0. The maximum Gasteiger partial charge on any atom is 0.0108 e. The van der Waals surface area contributed by atoms with Crippen LogP contribution >= 0.6 is 11.3 Å². The molecular weight excluding hydrogens is 262 g/mol. The molecule has 0 amide bonds. The summed E-state index contributed by atoms with van der Waals surface area (Å²) in [5.74, 6) is 0. The lowest BCUT2D eigenvalue weighted by atomic mass is 10.0. The number of hydrogen-bond donors (Lipinski definition) is 1. The van der Waals surface area contributed by atoms with Gasteiger partial charge in [-0.2, -0.15) is 11.3 Å². The highest BCUT2D eigenvalue weighted by atomic mass is 32.1. The van der Waals surface area contributed by atoms with Crippen molar-refractivity contribution in [2.45, 2.75) is 84.1 Å². The van der Waals surface area contributed by atoms with E-state index in [0.717, 1.165) is 6.54 Å². The summed E-state index contributed by atoms with van der Waals surface area (Å²) >= 11 is 1.82. The van der Waals surface area contributed by atoms with Crippen molar-refractivity contribution < 1.29 is 0 Å². The first-order valence-corrected chi connectivity index (χ1v) is 9.55. The zero-order valence-electron chi connectivity index (χ0n) is 13.5. The van der Waals surface area contributed by atoms with Gasteiger partial charge in [0.25, 0.3) is 0 Å². The highest BCUT2D eigenvalue weighted by molar-refractivity contribution is 7.07. The zero-order chi connectivity index (χ0) is 14.5. The van der Waals surface area contributed by atoms with Gasteiger partial charge in [-0.3, -0.25) is 0 Å². The minimum Gasteiger partial charge on any atom is -0.314 e. The molecule has 0 aliphatic heterocycles. The summed E-state index contributed by atoms with van der Waals surface area (Å²) in [6.07, 6.45) is 13.6. The first-order valence-electron chi connectivity index (χ1n) is 8.61. The van der Waals surface area contributed by atoms with Gasteiger partial charge in [0.15, 0.2) is 0 Å². The Morgan fingerprint density at radius 3 is 2.40 bits per heavy atom. The minimum atomic E-state index is 0.681. The van der Waals surface area contributed by atoms with Gasteiger partial charge in [0.05, 0.1) is 0 Å². The molecule has 0 saturated carbocycles. The lowest BCUT2D eigenvalue weighted by Crippen LogP contribution is -2.31. The Morgan fingerprint density at radius 2 is 1.75 bits per heavy atom. The fourth-order valence-corrected chi connectivity index (χ4v) is 3.35. The first kappa shape index (κ1) is 17.7. The predicted molar refractivity (Wildman–Crippen MR) is 92.7 cm³/mol. The van der Waals surface area contributed by atoms with Crippen molar-refractivity contribution in [1.29, 1.82) is 0 Å². The van der Waals surface area contributed by atoms with Crippen LogP contribution in [-0.2, 0) is 6.42 Å². The van der Waals surface area contributed by atoms with Gasteiger partial charge in [-0.25, -0.2) is 0 Å². The molecule has 0 saturated heterocycles. The van der Waals surface area contributed by atoms with Crippen LogP contribution in [-0.4, -0.2) is 12.6 Å². The second-order valence-electron chi connectivity index (χ2n) is 5.90. The molecule has 2 heteroatoms. The van der Waals surface area contributed by atoms with Gasteiger partial charge in [0, 0.05) is 6.04 Å². The molecule has 0 spiro atoms. The molecule has 1 rings (SSSR count). The molecule has 1 aromatic heterocycles. The second-order valence-corrected chi connectivity index (χ2v) is 6.68. The van der Waals surface area contributed by atoms with E-state index in [1.54, 1.807) is 0 Å². The second kappa shape index (κ2) is 12.4. The van der Waals surface area contributed by atoms with E-state index in [1.165, 1.54) is 69.8 Å². The van der Waals surface area contributed by atoms with Crippen LogP contribution in [0.5, 0.6) is 0 Å². The smallest absolute Gasteiger partial charge is 0.0108 e. The number of hydrogen-bond acceptors (Lipinski definition) is 2. The Bertz CT molecular complexity index is 294. The molecule has 1 aromatic rings. The largest absolute Gasteiger partial charge is 0.314 e. The van der Waals surface area contributed by atoms with Crippen molar-refractivity contribution in [2.75, 3.05) is 6.54 Å². The Morgan fingerprint density at radius 1 is 1.00 bits per heavy atom. The molecule has 1 heterocycles. The van der Waals surface area contributed by atoms with E-state index in [-0.39, 0.29) is 0 Å². The number of nitrogens with one attached hydrogen (secondary N) is 1. The van der Waals surface area contributed by atoms with Crippen LogP contribution < -0.4 is 5.32 Å². The number of unbranched alkanes of at least 4 members (excludes halogenated alkanes) is 6. The molecule has 1 unspecified atom stereocenters. The monoisotopic (exact) mass is 295 g/mol. The molecule has 0 bridgehead atoms. The van der Waals surface area contributed by atoms with E-state index in [2.05, 4.69) is 36.0 Å². The van der Waals surface area contributed by atoms with Crippen LogP contribution in [0.25, 0.3) is 0 Å². The van der Waals surface area contributed by atoms with E-state index < -0.39 is 0 Å². The van der Waals surface area contributed by atoms with E-state index in [4.69, 9.17) is 0 Å². The third kappa shape index (κ3) is 8.76. The number of rotatable bonds is 13. The molecule has 0 radical (unpaired) electrons. The zero-order valence-corrected chi connectivity index (χ0v) is 14.3. The summed E-state index contributed by atoms with van der Waals surface area (Å²) in [6, 6.07) is 2.95. The molecule has 0 aliphatic rings. The van der Waals surface area contributed by atoms with Gasteiger partial charge < -0.3 is 5.32 Å². The fraction of sp³-hybridized carbons (Fsp3) is 0.778. The predicted octanol–water partition coefficient (Wildman–Crippen LogP) is 5.80. The maximum atomic E-state index is 3.72. The summed E-state index contributed by atoms with van der Waals surface area (Å²) in [5, 5.41) is 8.21. The van der Waals surface area contributed by atoms with Crippen molar-refractivity contribution in [2.24, 2.45) is 0 Å². The molecule has 0 aromatic carbocycles. The van der Waals surface area contributed by atoms with Crippen molar-refractivity contribution in [1.82, 2.24) is 5.32 Å². The summed E-state index contributed by atoms with van der Waals surface area (Å²) in [6.45, 7) is 5.70. The van der Waals surface area contributed by atoms with Gasteiger partial charge in [0.1, 0.15) is 0 Å². The molecule has 20 heavy (non-hydrogen) atoms.